The van der Waals surface area contributed by atoms with Gasteiger partial charge in [0, 0.05) is 18.7 Å². The summed E-state index contributed by atoms with van der Waals surface area (Å²) in [5, 5.41) is 0. The lowest BCUT2D eigenvalue weighted by Crippen LogP contribution is -2.28. The molecular formula is C15H23FN2S. The Labute approximate surface area is 120 Å². The maximum atomic E-state index is 13.5. The van der Waals surface area contributed by atoms with Crippen molar-refractivity contribution in [3.63, 3.8) is 0 Å². The highest BCUT2D eigenvalue weighted by atomic mass is 32.1. The molecule has 1 aromatic rings. The molecule has 0 fully saturated rings. The fourth-order valence-corrected chi connectivity index (χ4v) is 2.15. The number of benzene rings is 1. The quantitative estimate of drug-likeness (QED) is 0.778. The van der Waals surface area contributed by atoms with Crippen LogP contribution in [0.3, 0.4) is 0 Å². The molecule has 2 N–H and O–H groups in total. The lowest BCUT2D eigenvalue weighted by atomic mass is 10.1. The van der Waals surface area contributed by atoms with E-state index in [9.17, 15) is 4.39 Å². The summed E-state index contributed by atoms with van der Waals surface area (Å²) < 4.78 is 13.5. The van der Waals surface area contributed by atoms with Crippen molar-refractivity contribution in [1.29, 1.82) is 0 Å². The second-order valence-corrected chi connectivity index (χ2v) is 5.46. The molecule has 0 spiro atoms. The van der Waals surface area contributed by atoms with Crippen molar-refractivity contribution in [2.45, 2.75) is 33.7 Å². The summed E-state index contributed by atoms with van der Waals surface area (Å²) in [6, 6.07) is 5.01. The molecule has 4 heteroatoms. The van der Waals surface area contributed by atoms with Crippen molar-refractivity contribution in [2.75, 3.05) is 13.1 Å². The standard InChI is InChI=1S/C15H23FN2S/c1-4-11(3)9-18(5-2)10-12-6-7-14(16)13(8-12)15(17)19/h6-8,11H,4-5,9-10H2,1-3H3,(H2,17,19). The van der Waals surface area contributed by atoms with Gasteiger partial charge in [-0.15, -0.1) is 0 Å². The fourth-order valence-electron chi connectivity index (χ4n) is 1.99. The van der Waals surface area contributed by atoms with Crippen LogP contribution in [-0.2, 0) is 6.54 Å². The first-order valence-electron chi connectivity index (χ1n) is 6.78. The lowest BCUT2D eigenvalue weighted by molar-refractivity contribution is 0.238. The van der Waals surface area contributed by atoms with Crippen molar-refractivity contribution in [2.24, 2.45) is 11.7 Å². The molecule has 19 heavy (non-hydrogen) atoms. The smallest absolute Gasteiger partial charge is 0.133 e. The summed E-state index contributed by atoms with van der Waals surface area (Å²) >= 11 is 4.86. The molecule has 0 aliphatic rings. The third kappa shape index (κ3) is 4.88. The molecule has 0 heterocycles. The number of nitrogens with zero attached hydrogens (tertiary/aromatic N) is 1. The average molecular weight is 282 g/mol. The van der Waals surface area contributed by atoms with Gasteiger partial charge in [-0.25, -0.2) is 4.39 Å². The minimum atomic E-state index is -0.346. The van der Waals surface area contributed by atoms with Crippen LogP contribution in [0.1, 0.15) is 38.3 Å². The van der Waals surface area contributed by atoms with Gasteiger partial charge in [0.05, 0.1) is 0 Å². The second kappa shape index (κ2) is 7.56. The van der Waals surface area contributed by atoms with Gasteiger partial charge in [-0.3, -0.25) is 4.90 Å². The van der Waals surface area contributed by atoms with E-state index in [2.05, 4.69) is 25.7 Å². The Bertz CT molecular complexity index is 434. The second-order valence-electron chi connectivity index (χ2n) is 5.02. The van der Waals surface area contributed by atoms with E-state index >= 15 is 0 Å². The van der Waals surface area contributed by atoms with Crippen molar-refractivity contribution >= 4 is 17.2 Å². The summed E-state index contributed by atoms with van der Waals surface area (Å²) in [6.45, 7) is 9.41. The van der Waals surface area contributed by atoms with E-state index in [0.29, 0.717) is 11.5 Å². The molecule has 1 rings (SSSR count). The van der Waals surface area contributed by atoms with E-state index in [4.69, 9.17) is 18.0 Å². The zero-order chi connectivity index (χ0) is 14.4. The van der Waals surface area contributed by atoms with Gasteiger partial charge in [0.2, 0.25) is 0 Å². The zero-order valence-corrected chi connectivity index (χ0v) is 12.8. The largest absolute Gasteiger partial charge is 0.389 e. The Morgan fingerprint density at radius 1 is 1.42 bits per heavy atom. The van der Waals surface area contributed by atoms with E-state index in [1.807, 2.05) is 0 Å². The number of rotatable bonds is 7. The highest BCUT2D eigenvalue weighted by Crippen LogP contribution is 2.14. The van der Waals surface area contributed by atoms with Gasteiger partial charge in [0.1, 0.15) is 10.8 Å². The highest BCUT2D eigenvalue weighted by molar-refractivity contribution is 7.80. The van der Waals surface area contributed by atoms with Crippen LogP contribution >= 0.6 is 12.2 Å². The molecule has 1 atom stereocenters. The molecule has 1 unspecified atom stereocenters. The maximum Gasteiger partial charge on any atom is 0.133 e. The number of hydrogen-bond donors (Lipinski definition) is 1. The van der Waals surface area contributed by atoms with E-state index in [1.54, 1.807) is 12.1 Å². The summed E-state index contributed by atoms with van der Waals surface area (Å²) in [5.74, 6) is 0.316. The predicted octanol–water partition coefficient (Wildman–Crippen LogP) is 3.33. The number of hydrogen-bond acceptors (Lipinski definition) is 2. The van der Waals surface area contributed by atoms with Crippen molar-refractivity contribution in [1.82, 2.24) is 4.90 Å². The number of halogens is 1. The topological polar surface area (TPSA) is 29.3 Å². The molecule has 0 bridgehead atoms. The Morgan fingerprint density at radius 2 is 2.11 bits per heavy atom. The summed E-state index contributed by atoms with van der Waals surface area (Å²) in [4.78, 5) is 2.47. The Balaban J connectivity index is 2.80. The lowest BCUT2D eigenvalue weighted by Gasteiger charge is -2.24. The fraction of sp³-hybridized carbons (Fsp3) is 0.533. The molecule has 0 aliphatic carbocycles. The molecule has 0 aromatic heterocycles. The number of thiocarbonyl (C=S) groups is 1. The number of nitrogens with two attached hydrogens (primary N) is 1. The van der Waals surface area contributed by atoms with Crippen LogP contribution in [0.25, 0.3) is 0 Å². The third-order valence-electron chi connectivity index (χ3n) is 3.42. The minimum absolute atomic E-state index is 0.115. The highest BCUT2D eigenvalue weighted by Gasteiger charge is 2.11. The monoisotopic (exact) mass is 282 g/mol. The first kappa shape index (κ1) is 16.1. The Kier molecular flexibility index (Phi) is 6.38. The molecule has 0 amide bonds. The van der Waals surface area contributed by atoms with E-state index in [0.717, 1.165) is 31.6 Å². The molecule has 0 saturated carbocycles. The normalized spacial score (nSPS) is 12.7. The van der Waals surface area contributed by atoms with Gasteiger partial charge in [0.15, 0.2) is 0 Å². The van der Waals surface area contributed by atoms with Gasteiger partial charge >= 0.3 is 0 Å². The van der Waals surface area contributed by atoms with Crippen LogP contribution in [-0.4, -0.2) is 23.0 Å². The summed E-state index contributed by atoms with van der Waals surface area (Å²) in [7, 11) is 0. The van der Waals surface area contributed by atoms with Crippen molar-refractivity contribution in [3.8, 4) is 0 Å². The molecular weight excluding hydrogens is 259 g/mol. The molecule has 0 saturated heterocycles. The van der Waals surface area contributed by atoms with Crippen molar-refractivity contribution in [3.05, 3.63) is 35.1 Å². The SMILES string of the molecule is CCC(C)CN(CC)Cc1ccc(F)c(C(N)=S)c1. The van der Waals surface area contributed by atoms with E-state index in [-0.39, 0.29) is 10.8 Å². The van der Waals surface area contributed by atoms with E-state index < -0.39 is 0 Å². The van der Waals surface area contributed by atoms with Gasteiger partial charge in [-0.05, 0) is 30.2 Å². The van der Waals surface area contributed by atoms with Gasteiger partial charge in [0.25, 0.3) is 0 Å². The van der Waals surface area contributed by atoms with Gasteiger partial charge in [-0.1, -0.05) is 45.5 Å². The molecule has 0 aliphatic heterocycles. The molecule has 1 aromatic carbocycles. The molecule has 0 radical (unpaired) electrons. The molecule has 106 valence electrons. The van der Waals surface area contributed by atoms with E-state index in [1.165, 1.54) is 6.07 Å². The van der Waals surface area contributed by atoms with Crippen LogP contribution in [0.15, 0.2) is 18.2 Å². The predicted molar refractivity (Wildman–Crippen MR) is 82.7 cm³/mol. The zero-order valence-electron chi connectivity index (χ0n) is 11.9. The van der Waals surface area contributed by atoms with Crippen molar-refractivity contribution < 1.29 is 4.39 Å². The minimum Gasteiger partial charge on any atom is -0.389 e. The third-order valence-corrected chi connectivity index (χ3v) is 3.64. The van der Waals surface area contributed by atoms with Crippen LogP contribution in [0, 0.1) is 11.7 Å². The van der Waals surface area contributed by atoms with Crippen LogP contribution in [0.4, 0.5) is 4.39 Å². The van der Waals surface area contributed by atoms with Crippen LogP contribution in [0.5, 0.6) is 0 Å². The first-order chi connectivity index (χ1) is 8.97. The molecule has 2 nitrogen and oxygen atoms in total. The summed E-state index contributed by atoms with van der Waals surface area (Å²) in [6.07, 6.45) is 1.16. The van der Waals surface area contributed by atoms with Crippen LogP contribution in [0.2, 0.25) is 0 Å². The van der Waals surface area contributed by atoms with Crippen LogP contribution < -0.4 is 5.73 Å². The Hall–Kier alpha value is -1.00. The average Bonchev–Trinajstić information content (AvgIpc) is 2.39. The maximum absolute atomic E-state index is 13.5. The summed E-state index contributed by atoms with van der Waals surface area (Å²) in [5.41, 5.74) is 6.92. The van der Waals surface area contributed by atoms with Gasteiger partial charge in [-0.2, -0.15) is 0 Å². The Morgan fingerprint density at radius 3 is 2.63 bits per heavy atom. The van der Waals surface area contributed by atoms with Gasteiger partial charge < -0.3 is 5.73 Å². The first-order valence-corrected chi connectivity index (χ1v) is 7.19.